The SMILES string of the molecule is Cc1cccc(C)c1C1=C/C(O)C[C@H]2Cc3ccccc3CN2C(=O)c2cccc(c2)S(=O)(=O)N\C(N)=N\1. The van der Waals surface area contributed by atoms with Gasteiger partial charge < -0.3 is 15.7 Å². The zero-order valence-electron chi connectivity index (χ0n) is 21.3. The summed E-state index contributed by atoms with van der Waals surface area (Å²) in [5.41, 5.74) is 11.4. The standard InChI is InChI=1S/C29H30N4O4S/c1-18-7-5-8-19(2)27(18)26-16-24(34)15-23-13-20-9-3-4-10-22(20)17-33(23)28(35)21-11-6-12-25(14-21)38(36,37)32-29(30)31-26/h3-12,14,16,23-24,34H,13,15,17H2,1-2H3,(H3,30,31,32)/b26-16-/t23-,24?/m1/s1. The molecule has 0 saturated heterocycles. The average molecular weight is 531 g/mol. The predicted octanol–water partition coefficient (Wildman–Crippen LogP) is 3.27. The fourth-order valence-electron chi connectivity index (χ4n) is 5.27. The molecular formula is C29H30N4O4S. The van der Waals surface area contributed by atoms with Crippen LogP contribution in [0, 0.1) is 13.8 Å². The number of amides is 1. The van der Waals surface area contributed by atoms with E-state index < -0.39 is 16.1 Å². The van der Waals surface area contributed by atoms with Gasteiger partial charge >= 0.3 is 0 Å². The summed E-state index contributed by atoms with van der Waals surface area (Å²) in [7, 11) is -4.13. The van der Waals surface area contributed by atoms with E-state index in [4.69, 9.17) is 5.73 Å². The maximum Gasteiger partial charge on any atom is 0.264 e. The quantitative estimate of drug-likeness (QED) is 0.445. The molecule has 2 aliphatic heterocycles. The van der Waals surface area contributed by atoms with Crippen molar-refractivity contribution in [3.63, 3.8) is 0 Å². The van der Waals surface area contributed by atoms with Gasteiger partial charge in [0, 0.05) is 23.7 Å². The smallest absolute Gasteiger partial charge is 0.264 e. The van der Waals surface area contributed by atoms with E-state index in [1.165, 1.54) is 18.2 Å². The van der Waals surface area contributed by atoms with E-state index in [9.17, 15) is 18.3 Å². The molecule has 196 valence electrons. The number of nitrogens with zero attached hydrogens (tertiary/aromatic N) is 2. The van der Waals surface area contributed by atoms with Crippen molar-refractivity contribution in [1.82, 2.24) is 9.62 Å². The molecule has 0 saturated carbocycles. The number of hydrogen-bond donors (Lipinski definition) is 3. The van der Waals surface area contributed by atoms with E-state index >= 15 is 0 Å². The third-order valence-corrected chi connectivity index (χ3v) is 8.44. The predicted molar refractivity (Wildman–Crippen MR) is 147 cm³/mol. The minimum Gasteiger partial charge on any atom is -0.389 e. The minimum atomic E-state index is -4.13. The largest absolute Gasteiger partial charge is 0.389 e. The molecule has 3 aromatic rings. The summed E-state index contributed by atoms with van der Waals surface area (Å²) in [5.74, 6) is -0.639. The zero-order chi connectivity index (χ0) is 27.0. The van der Waals surface area contributed by atoms with E-state index in [-0.39, 0.29) is 34.8 Å². The summed E-state index contributed by atoms with van der Waals surface area (Å²) >= 11 is 0. The van der Waals surface area contributed by atoms with Crippen molar-refractivity contribution in [1.29, 1.82) is 0 Å². The van der Waals surface area contributed by atoms with Gasteiger partial charge in [-0.25, -0.2) is 18.1 Å². The Kier molecular flexibility index (Phi) is 6.81. The molecule has 0 aliphatic carbocycles. The minimum absolute atomic E-state index is 0.0924. The van der Waals surface area contributed by atoms with Crippen LogP contribution in [0.2, 0.25) is 0 Å². The van der Waals surface area contributed by atoms with Crippen LogP contribution in [0.4, 0.5) is 0 Å². The Morgan fingerprint density at radius 2 is 1.68 bits per heavy atom. The lowest BCUT2D eigenvalue weighted by atomic mass is 9.89. The fourth-order valence-corrected chi connectivity index (χ4v) is 6.25. The lowest BCUT2D eigenvalue weighted by Gasteiger charge is -2.38. The second-order valence-electron chi connectivity index (χ2n) is 9.81. The van der Waals surface area contributed by atoms with Gasteiger partial charge in [0.25, 0.3) is 15.9 Å². The third kappa shape index (κ3) is 5.07. The van der Waals surface area contributed by atoms with Crippen LogP contribution in [-0.2, 0) is 23.0 Å². The first-order valence-electron chi connectivity index (χ1n) is 12.4. The number of carbonyl (C=O) groups excluding carboxylic acids is 1. The van der Waals surface area contributed by atoms with Crippen molar-refractivity contribution in [2.45, 2.75) is 50.3 Å². The average Bonchev–Trinajstić information content (AvgIpc) is 2.87. The highest BCUT2D eigenvalue weighted by Crippen LogP contribution is 2.30. The van der Waals surface area contributed by atoms with E-state index in [0.29, 0.717) is 18.7 Å². The number of rotatable bonds is 1. The Labute approximate surface area is 222 Å². The molecule has 1 unspecified atom stereocenters. The number of sulfonamides is 1. The molecular weight excluding hydrogens is 500 g/mol. The van der Waals surface area contributed by atoms with Gasteiger partial charge in [-0.15, -0.1) is 0 Å². The highest BCUT2D eigenvalue weighted by Gasteiger charge is 2.32. The summed E-state index contributed by atoms with van der Waals surface area (Å²) < 4.78 is 28.7. The number of fused-ring (bicyclic) bond motifs is 4. The van der Waals surface area contributed by atoms with Gasteiger partial charge in [0.05, 0.1) is 16.7 Å². The molecule has 0 radical (unpaired) electrons. The Bertz CT molecular complexity index is 1560. The van der Waals surface area contributed by atoms with Crippen LogP contribution in [0.1, 0.15) is 44.6 Å². The molecule has 2 atom stereocenters. The zero-order valence-corrected chi connectivity index (χ0v) is 22.1. The molecule has 9 heteroatoms. The van der Waals surface area contributed by atoms with Crippen LogP contribution >= 0.6 is 0 Å². The van der Waals surface area contributed by atoms with Crippen LogP contribution in [0.25, 0.3) is 5.70 Å². The number of nitrogens with one attached hydrogen (secondary N) is 1. The van der Waals surface area contributed by atoms with E-state index in [1.807, 2.05) is 56.3 Å². The molecule has 8 nitrogen and oxygen atoms in total. The molecule has 2 heterocycles. The fraction of sp³-hybridized carbons (Fsp3) is 0.241. The number of carbonyl (C=O) groups is 1. The van der Waals surface area contributed by atoms with Gasteiger partial charge in [-0.05, 0) is 73.2 Å². The van der Waals surface area contributed by atoms with Crippen molar-refractivity contribution in [2.75, 3.05) is 0 Å². The van der Waals surface area contributed by atoms with Crippen molar-refractivity contribution in [2.24, 2.45) is 10.7 Å². The molecule has 5 rings (SSSR count). The van der Waals surface area contributed by atoms with Crippen LogP contribution in [0.3, 0.4) is 0 Å². The maximum absolute atomic E-state index is 13.7. The number of hydrogen-bond acceptors (Lipinski definition) is 6. The van der Waals surface area contributed by atoms with Crippen molar-refractivity contribution in [3.05, 3.63) is 106 Å². The number of nitrogens with two attached hydrogens (primary N) is 1. The van der Waals surface area contributed by atoms with Crippen LogP contribution < -0.4 is 10.5 Å². The number of aliphatic hydroxyl groups excluding tert-OH is 1. The van der Waals surface area contributed by atoms with E-state index in [1.54, 1.807) is 17.0 Å². The number of benzene rings is 3. The Hall–Kier alpha value is -3.95. The van der Waals surface area contributed by atoms with Crippen LogP contribution in [0.15, 0.2) is 82.7 Å². The summed E-state index contributed by atoms with van der Waals surface area (Å²) in [6.07, 6.45) is 1.45. The third-order valence-electron chi connectivity index (χ3n) is 7.09. The normalized spacial score (nSPS) is 24.0. The van der Waals surface area contributed by atoms with Crippen molar-refractivity contribution < 1.29 is 18.3 Å². The lowest BCUT2D eigenvalue weighted by Crippen LogP contribution is -2.46. The highest BCUT2D eigenvalue weighted by molar-refractivity contribution is 7.90. The number of guanidine groups is 1. The molecule has 2 aliphatic rings. The topological polar surface area (TPSA) is 125 Å². The van der Waals surface area contributed by atoms with Crippen LogP contribution in [-0.4, -0.2) is 42.4 Å². The number of aliphatic imine (C=N–C) groups is 1. The second-order valence-corrected chi connectivity index (χ2v) is 11.5. The second kappa shape index (κ2) is 10.1. The Morgan fingerprint density at radius 3 is 2.42 bits per heavy atom. The Balaban J connectivity index is 1.68. The molecule has 0 aromatic heterocycles. The Morgan fingerprint density at radius 1 is 1.00 bits per heavy atom. The van der Waals surface area contributed by atoms with E-state index in [2.05, 4.69) is 9.71 Å². The van der Waals surface area contributed by atoms with Gasteiger partial charge in [-0.1, -0.05) is 48.5 Å². The molecule has 4 N–H and O–H groups in total. The first kappa shape index (κ1) is 25.7. The van der Waals surface area contributed by atoms with E-state index in [0.717, 1.165) is 27.8 Å². The molecule has 0 spiro atoms. The van der Waals surface area contributed by atoms with Crippen molar-refractivity contribution >= 4 is 27.6 Å². The summed E-state index contributed by atoms with van der Waals surface area (Å²) in [6, 6.07) is 19.2. The van der Waals surface area contributed by atoms with Gasteiger partial charge in [-0.3, -0.25) is 4.79 Å². The summed E-state index contributed by atoms with van der Waals surface area (Å²) in [5, 5.41) is 11.3. The monoisotopic (exact) mass is 530 g/mol. The van der Waals surface area contributed by atoms with Gasteiger partial charge in [0.2, 0.25) is 5.96 Å². The van der Waals surface area contributed by atoms with Crippen LogP contribution in [0.5, 0.6) is 0 Å². The van der Waals surface area contributed by atoms with Gasteiger partial charge in [0.1, 0.15) is 0 Å². The lowest BCUT2D eigenvalue weighted by molar-refractivity contribution is 0.0574. The molecule has 0 fully saturated rings. The first-order chi connectivity index (χ1) is 18.1. The number of aryl methyl sites for hydroxylation is 2. The molecule has 2 bridgehead atoms. The summed E-state index contributed by atoms with van der Waals surface area (Å²) in [4.78, 5) is 19.8. The van der Waals surface area contributed by atoms with Gasteiger partial charge in [-0.2, -0.15) is 0 Å². The molecule has 38 heavy (non-hydrogen) atoms. The molecule has 3 aromatic carbocycles. The van der Waals surface area contributed by atoms with Gasteiger partial charge in [0.15, 0.2) is 0 Å². The first-order valence-corrected chi connectivity index (χ1v) is 13.9. The molecule has 1 amide bonds. The number of aliphatic hydroxyl groups is 1. The van der Waals surface area contributed by atoms with Crippen molar-refractivity contribution in [3.8, 4) is 0 Å². The maximum atomic E-state index is 13.7. The summed E-state index contributed by atoms with van der Waals surface area (Å²) in [6.45, 7) is 4.20. The highest BCUT2D eigenvalue weighted by atomic mass is 32.2.